The summed E-state index contributed by atoms with van der Waals surface area (Å²) in [4.78, 5) is 57.5. The average molecular weight is 867 g/mol. The minimum Gasteiger partial charge on any atom is -0.469 e. The van der Waals surface area contributed by atoms with Crippen LogP contribution in [0, 0.1) is 35.2 Å². The fraction of sp³-hybridized carbons (Fsp3) is 0.458. The number of Topliss-reactive ketones (excluding diaryl/α,β-unsaturated/α-hetero) is 1. The first kappa shape index (κ1) is 49.2. The lowest BCUT2D eigenvalue weighted by Crippen LogP contribution is -2.43. The molecule has 0 radical (unpaired) electrons. The molecule has 0 saturated heterocycles. The maximum absolute atomic E-state index is 14.2. The molecule has 1 aliphatic carbocycles. The molecule has 4 atom stereocenters. The summed E-state index contributed by atoms with van der Waals surface area (Å²) in [7, 11) is 2.97. The zero-order chi connectivity index (χ0) is 45.5. The average Bonchev–Trinajstić information content (AvgIpc) is 3.63. The normalized spacial score (nSPS) is 15.1. The SMILES string of the molecule is [C-]#[N+]/C(C#N)=C1/c2ccccc2-c2c(C(=O)OCc3ccc(C(CC(C)C(=O)CCCO)CC(C)(CC(CC)C(=O)OC)C(=O)OCCC[Si](OC)(OC)OC)cc3)cccc21. The zero-order valence-electron chi connectivity index (χ0n) is 36.8. The van der Waals surface area contributed by atoms with Gasteiger partial charge in [0.25, 0.3) is 5.70 Å². The molecule has 0 amide bonds. The Bertz CT molecular complexity index is 2150. The van der Waals surface area contributed by atoms with Crippen LogP contribution in [-0.2, 0) is 48.5 Å². The Labute approximate surface area is 366 Å². The molecule has 0 heterocycles. The van der Waals surface area contributed by atoms with E-state index < -0.39 is 44.0 Å². The van der Waals surface area contributed by atoms with E-state index in [9.17, 15) is 29.5 Å². The van der Waals surface area contributed by atoms with E-state index in [1.54, 1.807) is 25.1 Å². The van der Waals surface area contributed by atoms with Crippen LogP contribution in [-0.4, -0.2) is 79.3 Å². The summed E-state index contributed by atoms with van der Waals surface area (Å²) in [6.45, 7) is 13.0. The zero-order valence-corrected chi connectivity index (χ0v) is 37.8. The van der Waals surface area contributed by atoms with Gasteiger partial charge in [0, 0.05) is 57.5 Å². The number of methoxy groups -OCH3 is 1. The van der Waals surface area contributed by atoms with E-state index in [0.29, 0.717) is 65.1 Å². The third-order valence-electron chi connectivity index (χ3n) is 11.8. The Morgan fingerprint density at radius 1 is 0.887 bits per heavy atom. The number of carbonyl (C=O) groups is 4. The molecule has 0 bridgehead atoms. The first-order valence-corrected chi connectivity index (χ1v) is 22.8. The highest BCUT2D eigenvalue weighted by molar-refractivity contribution is 6.60. The molecule has 3 aromatic rings. The molecule has 0 fully saturated rings. The van der Waals surface area contributed by atoms with Gasteiger partial charge in [0.05, 0.1) is 43.3 Å². The summed E-state index contributed by atoms with van der Waals surface area (Å²) in [5.41, 5.74) is 3.76. The van der Waals surface area contributed by atoms with Crippen molar-refractivity contribution in [2.75, 3.05) is 41.7 Å². The lowest BCUT2D eigenvalue weighted by atomic mass is 9.70. The molecule has 14 heteroatoms. The van der Waals surface area contributed by atoms with Crippen LogP contribution in [0.15, 0.2) is 72.4 Å². The highest BCUT2D eigenvalue weighted by Gasteiger charge is 2.43. The van der Waals surface area contributed by atoms with Crippen LogP contribution in [0.25, 0.3) is 21.5 Å². The number of carbonyl (C=O) groups excluding carboxylic acids is 4. The van der Waals surface area contributed by atoms with Gasteiger partial charge in [-0.1, -0.05) is 74.5 Å². The molecule has 0 aliphatic heterocycles. The van der Waals surface area contributed by atoms with Gasteiger partial charge in [-0.3, -0.25) is 14.4 Å². The van der Waals surface area contributed by atoms with Crippen LogP contribution in [0.1, 0.15) is 104 Å². The van der Waals surface area contributed by atoms with Crippen molar-refractivity contribution in [3.05, 3.63) is 112 Å². The number of nitrogens with zero attached hydrogens (tertiary/aromatic N) is 2. The standard InChI is InChI=1S/C48H58N2O11Si/c1-9-34(45(53)56-5)28-48(3,47(55)60-25-14-26-62(57-6,58-7)59-8)29-36(27-32(2)42(52)19-13-24-51)35-22-20-33(21-23-35)31-61-46(54)40-18-12-17-39-43(40)37-15-10-11-16-38(37)44(39)41(30-49)50-4/h10-12,15-18,20-23,32,34,36,51H,9,13-14,19,24-29,31H2,1-3,5-8H3/b44-41-. The minimum absolute atomic E-state index is 0.00416. The number of ether oxygens (including phenoxy) is 3. The number of esters is 3. The molecule has 330 valence electrons. The summed E-state index contributed by atoms with van der Waals surface area (Å²) in [5, 5.41) is 19.1. The fourth-order valence-electron chi connectivity index (χ4n) is 8.27. The van der Waals surface area contributed by atoms with E-state index >= 15 is 0 Å². The van der Waals surface area contributed by atoms with Gasteiger partial charge in [0.1, 0.15) is 12.4 Å². The smallest absolute Gasteiger partial charge is 0.469 e. The number of nitriles is 1. The Balaban J connectivity index is 1.62. The Morgan fingerprint density at radius 3 is 2.15 bits per heavy atom. The lowest BCUT2D eigenvalue weighted by molar-refractivity contribution is -0.159. The predicted octanol–water partition coefficient (Wildman–Crippen LogP) is 8.47. The van der Waals surface area contributed by atoms with Gasteiger partial charge in [-0.05, 0) is 85.3 Å². The van der Waals surface area contributed by atoms with E-state index in [1.165, 1.54) is 28.4 Å². The maximum Gasteiger partial charge on any atom is 0.500 e. The third-order valence-corrected chi connectivity index (χ3v) is 14.6. The fourth-order valence-corrected chi connectivity index (χ4v) is 9.96. The first-order chi connectivity index (χ1) is 29.8. The summed E-state index contributed by atoms with van der Waals surface area (Å²) in [6.07, 6.45) is 2.21. The van der Waals surface area contributed by atoms with E-state index in [2.05, 4.69) is 4.85 Å². The summed E-state index contributed by atoms with van der Waals surface area (Å²) >= 11 is 0. The van der Waals surface area contributed by atoms with Crippen molar-refractivity contribution in [3.8, 4) is 17.2 Å². The van der Waals surface area contributed by atoms with Crippen molar-refractivity contribution in [1.82, 2.24) is 0 Å². The van der Waals surface area contributed by atoms with Crippen LogP contribution < -0.4 is 0 Å². The number of fused-ring (bicyclic) bond motifs is 3. The van der Waals surface area contributed by atoms with Crippen molar-refractivity contribution in [2.24, 2.45) is 17.3 Å². The molecule has 0 saturated carbocycles. The van der Waals surface area contributed by atoms with Gasteiger partial charge in [-0.25, -0.2) is 14.9 Å². The predicted molar refractivity (Wildman–Crippen MR) is 234 cm³/mol. The molecule has 4 unspecified atom stereocenters. The number of hydrogen-bond acceptors (Lipinski definition) is 12. The number of benzene rings is 3. The van der Waals surface area contributed by atoms with E-state index in [4.69, 9.17) is 34.1 Å². The van der Waals surface area contributed by atoms with E-state index in [-0.39, 0.29) is 56.5 Å². The van der Waals surface area contributed by atoms with Crippen LogP contribution in [0.3, 0.4) is 0 Å². The molecular formula is C48H58N2O11Si. The number of aliphatic hydroxyl groups excluding tert-OH is 1. The summed E-state index contributed by atoms with van der Waals surface area (Å²) in [6, 6.07) is 22.4. The molecule has 1 aliphatic rings. The van der Waals surface area contributed by atoms with E-state index in [1.807, 2.05) is 68.4 Å². The first-order valence-electron chi connectivity index (χ1n) is 20.8. The largest absolute Gasteiger partial charge is 0.500 e. The van der Waals surface area contributed by atoms with Crippen molar-refractivity contribution in [1.29, 1.82) is 5.26 Å². The molecule has 1 N–H and O–H groups in total. The quantitative estimate of drug-likeness (QED) is 0.0178. The van der Waals surface area contributed by atoms with Gasteiger partial charge in [-0.2, -0.15) is 0 Å². The van der Waals surface area contributed by atoms with E-state index in [0.717, 1.165) is 11.1 Å². The molecule has 0 spiro atoms. The van der Waals surface area contributed by atoms with Crippen molar-refractivity contribution in [2.45, 2.75) is 84.3 Å². The highest BCUT2D eigenvalue weighted by Crippen LogP contribution is 2.48. The second-order valence-electron chi connectivity index (χ2n) is 15.8. The van der Waals surface area contributed by atoms with Crippen LogP contribution in [0.5, 0.6) is 0 Å². The number of allylic oxidation sites excluding steroid dienone is 1. The van der Waals surface area contributed by atoms with Gasteiger partial charge in [0.2, 0.25) is 0 Å². The Kier molecular flexibility index (Phi) is 18.3. The monoisotopic (exact) mass is 866 g/mol. The van der Waals surface area contributed by atoms with Gasteiger partial charge in [-0.15, -0.1) is 0 Å². The second kappa shape index (κ2) is 23.1. The van der Waals surface area contributed by atoms with Gasteiger partial charge in [0.15, 0.2) is 0 Å². The second-order valence-corrected chi connectivity index (χ2v) is 18.9. The molecule has 3 aromatic carbocycles. The molecule has 4 rings (SSSR count). The van der Waals surface area contributed by atoms with Crippen LogP contribution >= 0.6 is 0 Å². The number of ketones is 1. The number of hydrogen-bond donors (Lipinski definition) is 1. The Morgan fingerprint density at radius 2 is 1.55 bits per heavy atom. The van der Waals surface area contributed by atoms with Crippen LogP contribution in [0.4, 0.5) is 0 Å². The maximum atomic E-state index is 14.2. The van der Waals surface area contributed by atoms with Crippen molar-refractivity contribution < 1.29 is 51.8 Å². The minimum atomic E-state index is -2.90. The lowest BCUT2D eigenvalue weighted by Gasteiger charge is -2.34. The highest BCUT2D eigenvalue weighted by atomic mass is 28.4. The number of aliphatic hydroxyl groups is 1. The molecular weight excluding hydrogens is 809 g/mol. The van der Waals surface area contributed by atoms with Crippen molar-refractivity contribution in [3.63, 3.8) is 0 Å². The van der Waals surface area contributed by atoms with Gasteiger partial charge < -0.3 is 32.6 Å². The van der Waals surface area contributed by atoms with Crippen LogP contribution in [0.2, 0.25) is 6.04 Å². The Hall–Kier alpha value is -5.48. The summed E-state index contributed by atoms with van der Waals surface area (Å²) < 4.78 is 33.4. The summed E-state index contributed by atoms with van der Waals surface area (Å²) in [5.74, 6) is -2.82. The topological polar surface area (TPSA) is 172 Å². The third kappa shape index (κ3) is 11.7. The molecule has 62 heavy (non-hydrogen) atoms. The van der Waals surface area contributed by atoms with Gasteiger partial charge >= 0.3 is 26.7 Å². The number of rotatable bonds is 24. The molecule has 0 aromatic heterocycles. The van der Waals surface area contributed by atoms with Crippen molar-refractivity contribution >= 4 is 38.1 Å². The molecule has 13 nitrogen and oxygen atoms in total.